The molecule has 0 spiro atoms. The number of methoxy groups -OCH3 is 2. The molecule has 1 amide bonds. The lowest BCUT2D eigenvalue weighted by molar-refractivity contribution is 0.0948. The van der Waals surface area contributed by atoms with E-state index in [0.29, 0.717) is 18.0 Å². The van der Waals surface area contributed by atoms with Gasteiger partial charge in [-0.2, -0.15) is 0 Å². The molecule has 0 radical (unpaired) electrons. The summed E-state index contributed by atoms with van der Waals surface area (Å²) in [6.45, 7) is 4.45. The molecule has 1 fully saturated rings. The number of H-pyrrole nitrogens is 1. The highest BCUT2D eigenvalue weighted by atomic mass is 16.5. The van der Waals surface area contributed by atoms with Crippen LogP contribution in [0.2, 0.25) is 0 Å². The van der Waals surface area contributed by atoms with E-state index in [9.17, 15) is 4.79 Å². The van der Waals surface area contributed by atoms with Gasteiger partial charge in [0.15, 0.2) is 0 Å². The zero-order valence-corrected chi connectivity index (χ0v) is 15.0. The first-order valence-electron chi connectivity index (χ1n) is 8.51. The van der Waals surface area contributed by atoms with E-state index in [2.05, 4.69) is 15.2 Å². The maximum Gasteiger partial charge on any atom is 0.253 e. The van der Waals surface area contributed by atoms with Crippen LogP contribution >= 0.6 is 0 Å². The first kappa shape index (κ1) is 17.2. The van der Waals surface area contributed by atoms with E-state index in [-0.39, 0.29) is 5.91 Å². The van der Waals surface area contributed by atoms with Gasteiger partial charge < -0.3 is 24.7 Å². The van der Waals surface area contributed by atoms with Gasteiger partial charge in [0.2, 0.25) is 0 Å². The lowest BCUT2D eigenvalue weighted by Gasteiger charge is -2.20. The fourth-order valence-corrected chi connectivity index (χ4v) is 3.24. The average Bonchev–Trinajstić information content (AvgIpc) is 3.28. The summed E-state index contributed by atoms with van der Waals surface area (Å²) < 4.78 is 10.7. The van der Waals surface area contributed by atoms with E-state index in [4.69, 9.17) is 9.47 Å². The number of rotatable bonds is 6. The van der Waals surface area contributed by atoms with Crippen LogP contribution in [0.15, 0.2) is 30.5 Å². The Morgan fingerprint density at radius 2 is 2.00 bits per heavy atom. The van der Waals surface area contributed by atoms with Gasteiger partial charge in [-0.05, 0) is 25.3 Å². The summed E-state index contributed by atoms with van der Waals surface area (Å²) in [6, 6.07) is 7.73. The Kier molecular flexibility index (Phi) is 5.16. The predicted molar refractivity (Wildman–Crippen MR) is 97.7 cm³/mol. The number of carbonyl (C=O) groups is 1. The quantitative estimate of drug-likeness (QED) is 0.846. The third kappa shape index (κ3) is 3.90. The van der Waals surface area contributed by atoms with Gasteiger partial charge in [-0.1, -0.05) is 0 Å². The third-order valence-corrected chi connectivity index (χ3v) is 4.74. The van der Waals surface area contributed by atoms with Crippen LogP contribution in [0.5, 0.6) is 11.5 Å². The van der Waals surface area contributed by atoms with Gasteiger partial charge >= 0.3 is 0 Å². The minimum atomic E-state index is -0.0137. The van der Waals surface area contributed by atoms with Gasteiger partial charge in [-0.25, -0.2) is 0 Å². The highest BCUT2D eigenvalue weighted by Crippen LogP contribution is 2.31. The van der Waals surface area contributed by atoms with Crippen LogP contribution in [0.3, 0.4) is 0 Å². The molecule has 1 aliphatic heterocycles. The molecule has 2 N–H and O–H groups in total. The van der Waals surface area contributed by atoms with Crippen molar-refractivity contribution >= 4 is 11.6 Å². The molecule has 6 nitrogen and oxygen atoms in total. The number of aromatic nitrogens is 1. The number of ether oxygens (including phenoxy) is 2. The van der Waals surface area contributed by atoms with E-state index in [1.807, 2.05) is 31.2 Å². The number of benzene rings is 1. The Morgan fingerprint density at radius 3 is 2.60 bits per heavy atom. The molecule has 2 heterocycles. The normalized spacial score (nSPS) is 16.8. The minimum absolute atomic E-state index is 0.0137. The Balaban J connectivity index is 1.58. The van der Waals surface area contributed by atoms with Crippen molar-refractivity contribution in [3.63, 3.8) is 0 Å². The van der Waals surface area contributed by atoms with Crippen molar-refractivity contribution in [1.82, 2.24) is 10.3 Å². The van der Waals surface area contributed by atoms with Crippen molar-refractivity contribution in [3.8, 4) is 11.5 Å². The highest BCUT2D eigenvalue weighted by Gasteiger charge is 2.24. The van der Waals surface area contributed by atoms with Crippen molar-refractivity contribution in [2.45, 2.75) is 13.3 Å². The number of nitrogens with zero attached hydrogens (tertiary/aromatic N) is 1. The number of amides is 1. The van der Waals surface area contributed by atoms with Crippen LogP contribution < -0.4 is 19.7 Å². The van der Waals surface area contributed by atoms with Crippen molar-refractivity contribution in [2.75, 3.05) is 38.8 Å². The smallest absolute Gasteiger partial charge is 0.253 e. The average molecular weight is 343 g/mol. The fraction of sp³-hybridized carbons (Fsp3) is 0.421. The summed E-state index contributed by atoms with van der Waals surface area (Å²) >= 11 is 0. The SMILES string of the molecule is COc1cc(OC)cc(N2CCC(CNC(=O)c3cc[nH]c3C)C2)c1. The molecule has 1 atom stereocenters. The number of aryl methyl sites for hydroxylation is 1. The van der Waals surface area contributed by atoms with E-state index < -0.39 is 0 Å². The second-order valence-corrected chi connectivity index (χ2v) is 6.40. The van der Waals surface area contributed by atoms with E-state index in [0.717, 1.165) is 42.4 Å². The molecule has 3 rings (SSSR count). The monoisotopic (exact) mass is 343 g/mol. The number of aromatic amines is 1. The minimum Gasteiger partial charge on any atom is -0.497 e. The third-order valence-electron chi connectivity index (χ3n) is 4.74. The number of hydrogen-bond acceptors (Lipinski definition) is 4. The number of hydrogen-bond donors (Lipinski definition) is 2. The first-order valence-corrected chi connectivity index (χ1v) is 8.51. The van der Waals surface area contributed by atoms with Gasteiger partial charge in [-0.3, -0.25) is 4.79 Å². The molecule has 2 aromatic rings. The van der Waals surface area contributed by atoms with Gasteiger partial charge in [0.1, 0.15) is 11.5 Å². The molecule has 1 aromatic heterocycles. The molecule has 0 bridgehead atoms. The number of anilines is 1. The zero-order valence-electron chi connectivity index (χ0n) is 15.0. The lowest BCUT2D eigenvalue weighted by Crippen LogP contribution is -2.31. The van der Waals surface area contributed by atoms with Crippen LogP contribution in [-0.4, -0.2) is 44.7 Å². The highest BCUT2D eigenvalue weighted by molar-refractivity contribution is 5.95. The topological polar surface area (TPSA) is 66.6 Å². The summed E-state index contributed by atoms with van der Waals surface area (Å²) in [5.41, 5.74) is 2.70. The van der Waals surface area contributed by atoms with Crippen molar-refractivity contribution in [1.29, 1.82) is 0 Å². The Labute approximate surface area is 148 Å². The van der Waals surface area contributed by atoms with E-state index in [1.165, 1.54) is 0 Å². The van der Waals surface area contributed by atoms with E-state index in [1.54, 1.807) is 20.4 Å². The second-order valence-electron chi connectivity index (χ2n) is 6.40. The maximum atomic E-state index is 12.2. The lowest BCUT2D eigenvalue weighted by atomic mass is 10.1. The summed E-state index contributed by atoms with van der Waals surface area (Å²) in [7, 11) is 3.31. The van der Waals surface area contributed by atoms with E-state index >= 15 is 0 Å². The summed E-state index contributed by atoms with van der Waals surface area (Å²) in [5, 5.41) is 3.05. The Morgan fingerprint density at radius 1 is 1.28 bits per heavy atom. The largest absolute Gasteiger partial charge is 0.497 e. The van der Waals surface area contributed by atoms with Crippen LogP contribution in [0.1, 0.15) is 22.5 Å². The van der Waals surface area contributed by atoms with Crippen LogP contribution in [0, 0.1) is 12.8 Å². The molecular weight excluding hydrogens is 318 g/mol. The fourth-order valence-electron chi connectivity index (χ4n) is 3.24. The molecule has 0 saturated carbocycles. The molecule has 25 heavy (non-hydrogen) atoms. The molecular formula is C19H25N3O3. The maximum absolute atomic E-state index is 12.2. The molecule has 1 saturated heterocycles. The van der Waals surface area contributed by atoms with Crippen molar-refractivity contribution in [2.24, 2.45) is 5.92 Å². The molecule has 1 unspecified atom stereocenters. The van der Waals surface area contributed by atoms with Crippen molar-refractivity contribution in [3.05, 3.63) is 41.7 Å². The van der Waals surface area contributed by atoms with Gasteiger partial charge in [0.25, 0.3) is 5.91 Å². The molecule has 134 valence electrons. The first-order chi connectivity index (χ1) is 12.1. The summed E-state index contributed by atoms with van der Waals surface area (Å²) in [4.78, 5) is 17.6. The van der Waals surface area contributed by atoms with Crippen LogP contribution in [0.4, 0.5) is 5.69 Å². The second kappa shape index (κ2) is 7.51. The number of nitrogens with one attached hydrogen (secondary N) is 2. The summed E-state index contributed by atoms with van der Waals surface area (Å²) in [5.74, 6) is 1.99. The summed E-state index contributed by atoms with van der Waals surface area (Å²) in [6.07, 6.45) is 2.84. The molecule has 1 aromatic carbocycles. The number of carbonyl (C=O) groups excluding carboxylic acids is 1. The van der Waals surface area contributed by atoms with Crippen LogP contribution in [0.25, 0.3) is 0 Å². The van der Waals surface area contributed by atoms with Gasteiger partial charge in [0.05, 0.1) is 19.8 Å². The van der Waals surface area contributed by atoms with Gasteiger partial charge in [-0.15, -0.1) is 0 Å². The Hall–Kier alpha value is -2.63. The zero-order chi connectivity index (χ0) is 17.8. The predicted octanol–water partition coefficient (Wildman–Crippen LogP) is 2.60. The standard InChI is InChI=1S/C19H25N3O3/c1-13-18(4-6-20-13)19(23)21-11-14-5-7-22(12-14)15-8-16(24-2)10-17(9-15)25-3/h4,6,8-10,14,20H,5,7,11-12H2,1-3H3,(H,21,23). The van der Waals surface area contributed by atoms with Gasteiger partial charge in [0, 0.05) is 55.4 Å². The van der Waals surface area contributed by atoms with Crippen molar-refractivity contribution < 1.29 is 14.3 Å². The molecule has 6 heteroatoms. The Bertz CT molecular complexity index is 719. The molecule has 0 aliphatic carbocycles. The van der Waals surface area contributed by atoms with Crippen LogP contribution in [-0.2, 0) is 0 Å². The molecule has 1 aliphatic rings.